The first-order chi connectivity index (χ1) is 14.6. The zero-order chi connectivity index (χ0) is 20.7. The fourth-order valence-corrected chi connectivity index (χ4v) is 3.85. The number of hydrogen-bond acceptors (Lipinski definition) is 5. The summed E-state index contributed by atoms with van der Waals surface area (Å²) in [7, 11) is 0. The highest BCUT2D eigenvalue weighted by atomic mass is 16.5. The van der Waals surface area contributed by atoms with Crippen LogP contribution in [0.3, 0.4) is 0 Å². The predicted molar refractivity (Wildman–Crippen MR) is 115 cm³/mol. The van der Waals surface area contributed by atoms with E-state index in [1.54, 1.807) is 6.07 Å². The summed E-state index contributed by atoms with van der Waals surface area (Å²) >= 11 is 0. The van der Waals surface area contributed by atoms with Crippen molar-refractivity contribution in [3.05, 3.63) is 100 Å². The SMILES string of the molecule is Cc1cc2c(C(N)=O)cccn2c1C1=NC(NCc2ccccc2)=C2OCC=C2N1. The lowest BCUT2D eigenvalue weighted by Crippen LogP contribution is -2.32. The minimum atomic E-state index is -0.456. The third-order valence-corrected chi connectivity index (χ3v) is 5.25. The van der Waals surface area contributed by atoms with E-state index in [9.17, 15) is 4.79 Å². The Morgan fingerprint density at radius 2 is 2.10 bits per heavy atom. The maximum Gasteiger partial charge on any atom is 0.250 e. The van der Waals surface area contributed by atoms with Gasteiger partial charge < -0.3 is 25.5 Å². The molecule has 0 bridgehead atoms. The molecule has 0 unspecified atom stereocenters. The van der Waals surface area contributed by atoms with Crippen LogP contribution in [-0.2, 0) is 11.3 Å². The molecule has 2 aromatic heterocycles. The molecule has 0 aliphatic carbocycles. The first-order valence-corrected chi connectivity index (χ1v) is 9.74. The molecular weight excluding hydrogens is 378 g/mol. The number of amides is 1. The highest BCUT2D eigenvalue weighted by Crippen LogP contribution is 2.27. The molecular formula is C23H21N5O2. The molecule has 1 amide bonds. The van der Waals surface area contributed by atoms with Crippen molar-refractivity contribution in [1.82, 2.24) is 15.0 Å². The van der Waals surface area contributed by atoms with Crippen LogP contribution in [0, 0.1) is 6.92 Å². The number of pyridine rings is 1. The van der Waals surface area contributed by atoms with Crippen molar-refractivity contribution in [2.45, 2.75) is 13.5 Å². The third-order valence-electron chi connectivity index (χ3n) is 5.25. The van der Waals surface area contributed by atoms with Gasteiger partial charge in [-0.2, -0.15) is 0 Å². The summed E-state index contributed by atoms with van der Waals surface area (Å²) in [6.07, 6.45) is 3.90. The Hall–Kier alpha value is -4.00. The van der Waals surface area contributed by atoms with Gasteiger partial charge in [0.25, 0.3) is 5.91 Å². The predicted octanol–water partition coefficient (Wildman–Crippen LogP) is 2.57. The molecule has 5 rings (SSSR count). The van der Waals surface area contributed by atoms with Crippen LogP contribution >= 0.6 is 0 Å². The Bertz CT molecular complexity index is 1250. The van der Waals surface area contributed by atoms with Crippen LogP contribution in [0.25, 0.3) is 5.52 Å². The first-order valence-electron chi connectivity index (χ1n) is 9.74. The largest absolute Gasteiger partial charge is 0.483 e. The topological polar surface area (TPSA) is 93.2 Å². The monoisotopic (exact) mass is 399 g/mol. The highest BCUT2D eigenvalue weighted by molar-refractivity contribution is 6.05. The number of aryl methyl sites for hydroxylation is 1. The van der Waals surface area contributed by atoms with Gasteiger partial charge in [0.1, 0.15) is 6.61 Å². The second-order valence-electron chi connectivity index (χ2n) is 7.25. The van der Waals surface area contributed by atoms with E-state index in [0.29, 0.717) is 36.1 Å². The Morgan fingerprint density at radius 1 is 1.27 bits per heavy atom. The lowest BCUT2D eigenvalue weighted by atomic mass is 10.2. The molecule has 4 N–H and O–H groups in total. The molecule has 1 aromatic carbocycles. The van der Waals surface area contributed by atoms with Crippen molar-refractivity contribution in [3.8, 4) is 0 Å². The molecule has 0 spiro atoms. The van der Waals surface area contributed by atoms with Crippen LogP contribution in [0.5, 0.6) is 0 Å². The highest BCUT2D eigenvalue weighted by Gasteiger charge is 2.27. The van der Waals surface area contributed by atoms with Gasteiger partial charge in [-0.25, -0.2) is 4.99 Å². The van der Waals surface area contributed by atoms with Crippen LogP contribution in [0.4, 0.5) is 0 Å². The summed E-state index contributed by atoms with van der Waals surface area (Å²) in [5.41, 5.74) is 10.7. The standard InChI is InChI=1S/C23H21N5O2/c1-14-12-18-16(21(24)29)8-5-10-28(18)19(14)22-26-17-9-11-30-20(17)23(27-22)25-13-15-6-3-2-4-7-15/h2-10,12,25H,11,13H2,1H3,(H2,24,29)(H,26,27). The number of carbonyl (C=O) groups is 1. The molecule has 2 aliphatic heterocycles. The van der Waals surface area contributed by atoms with E-state index in [1.165, 1.54) is 0 Å². The number of fused-ring (bicyclic) bond motifs is 2. The Labute approximate surface area is 173 Å². The Balaban J connectivity index is 1.57. The summed E-state index contributed by atoms with van der Waals surface area (Å²) in [6, 6.07) is 15.6. The van der Waals surface area contributed by atoms with E-state index in [1.807, 2.05) is 53.9 Å². The molecule has 0 radical (unpaired) electrons. The van der Waals surface area contributed by atoms with Crippen molar-refractivity contribution < 1.29 is 9.53 Å². The average molecular weight is 399 g/mol. The van der Waals surface area contributed by atoms with Gasteiger partial charge >= 0.3 is 0 Å². The maximum absolute atomic E-state index is 11.9. The van der Waals surface area contributed by atoms with Crippen LogP contribution in [0.2, 0.25) is 0 Å². The molecule has 2 aliphatic rings. The smallest absolute Gasteiger partial charge is 0.250 e. The number of nitrogens with two attached hydrogens (primary N) is 1. The summed E-state index contributed by atoms with van der Waals surface area (Å²) in [5, 5.41) is 6.78. The molecule has 150 valence electrons. The van der Waals surface area contributed by atoms with Gasteiger partial charge in [-0.1, -0.05) is 30.3 Å². The van der Waals surface area contributed by atoms with Gasteiger partial charge in [0, 0.05) is 12.7 Å². The van der Waals surface area contributed by atoms with Gasteiger partial charge in [0.2, 0.25) is 0 Å². The number of nitrogens with one attached hydrogen (secondary N) is 2. The average Bonchev–Trinajstić information content (AvgIpc) is 3.35. The lowest BCUT2D eigenvalue weighted by Gasteiger charge is -2.21. The van der Waals surface area contributed by atoms with Gasteiger partial charge in [-0.15, -0.1) is 0 Å². The molecule has 7 heteroatoms. The number of ether oxygens (including phenoxy) is 1. The quantitative estimate of drug-likeness (QED) is 0.615. The summed E-state index contributed by atoms with van der Waals surface area (Å²) in [4.78, 5) is 16.7. The number of benzene rings is 1. The second-order valence-corrected chi connectivity index (χ2v) is 7.25. The van der Waals surface area contributed by atoms with Crippen LogP contribution in [0.1, 0.15) is 27.2 Å². The minimum Gasteiger partial charge on any atom is -0.483 e. The lowest BCUT2D eigenvalue weighted by molar-refractivity contribution is 0.100. The first kappa shape index (κ1) is 18.1. The molecule has 0 atom stereocenters. The summed E-state index contributed by atoms with van der Waals surface area (Å²) in [6.45, 7) is 3.12. The minimum absolute atomic E-state index is 0.456. The van der Waals surface area contributed by atoms with Gasteiger partial charge in [-0.3, -0.25) is 4.79 Å². The molecule has 4 heterocycles. The fourth-order valence-electron chi connectivity index (χ4n) is 3.85. The molecule has 0 fully saturated rings. The number of aliphatic imine (C=N–C) groups is 1. The van der Waals surface area contributed by atoms with E-state index < -0.39 is 5.91 Å². The van der Waals surface area contributed by atoms with Crippen molar-refractivity contribution in [3.63, 3.8) is 0 Å². The number of primary amides is 1. The summed E-state index contributed by atoms with van der Waals surface area (Å²) < 4.78 is 7.72. The number of rotatable bonds is 5. The fraction of sp³-hybridized carbons (Fsp3) is 0.130. The van der Waals surface area contributed by atoms with E-state index in [4.69, 9.17) is 15.5 Å². The zero-order valence-corrected chi connectivity index (χ0v) is 16.5. The van der Waals surface area contributed by atoms with Gasteiger partial charge in [0.05, 0.1) is 22.5 Å². The van der Waals surface area contributed by atoms with Crippen molar-refractivity contribution in [2.75, 3.05) is 6.61 Å². The number of aromatic nitrogens is 1. The van der Waals surface area contributed by atoms with Crippen LogP contribution in [0.15, 0.2) is 83.1 Å². The van der Waals surface area contributed by atoms with Crippen molar-refractivity contribution >= 4 is 17.3 Å². The molecule has 7 nitrogen and oxygen atoms in total. The van der Waals surface area contributed by atoms with E-state index in [2.05, 4.69) is 22.8 Å². The van der Waals surface area contributed by atoms with Gasteiger partial charge in [-0.05, 0) is 42.3 Å². The Morgan fingerprint density at radius 3 is 2.90 bits per heavy atom. The molecule has 0 saturated carbocycles. The second kappa shape index (κ2) is 7.11. The summed E-state index contributed by atoms with van der Waals surface area (Å²) in [5.74, 6) is 1.62. The number of hydrogen-bond donors (Lipinski definition) is 3. The van der Waals surface area contributed by atoms with E-state index in [0.717, 1.165) is 28.0 Å². The van der Waals surface area contributed by atoms with Crippen molar-refractivity contribution in [1.29, 1.82) is 0 Å². The van der Waals surface area contributed by atoms with E-state index in [-0.39, 0.29) is 0 Å². The molecule has 3 aromatic rings. The van der Waals surface area contributed by atoms with E-state index >= 15 is 0 Å². The third kappa shape index (κ3) is 3.00. The normalized spacial score (nSPS) is 15.2. The van der Waals surface area contributed by atoms with Gasteiger partial charge in [0.15, 0.2) is 17.4 Å². The van der Waals surface area contributed by atoms with Crippen LogP contribution in [-0.4, -0.2) is 22.8 Å². The number of amidine groups is 1. The number of nitrogens with zero attached hydrogens (tertiary/aromatic N) is 2. The molecule has 0 saturated heterocycles. The number of carbonyl (C=O) groups excluding carboxylic acids is 1. The van der Waals surface area contributed by atoms with Crippen molar-refractivity contribution in [2.24, 2.45) is 10.7 Å². The Kier molecular flexibility index (Phi) is 4.28. The molecule has 30 heavy (non-hydrogen) atoms. The van der Waals surface area contributed by atoms with Crippen LogP contribution < -0.4 is 16.4 Å². The zero-order valence-electron chi connectivity index (χ0n) is 16.5. The maximum atomic E-state index is 11.9.